The van der Waals surface area contributed by atoms with Gasteiger partial charge in [0.25, 0.3) is 0 Å². The molecule has 0 spiro atoms. The molecular formula is C31H37N7O. The highest BCUT2D eigenvalue weighted by molar-refractivity contribution is 5.74. The first-order valence-electron chi connectivity index (χ1n) is 14.2. The Balaban J connectivity index is 1.17. The van der Waals surface area contributed by atoms with E-state index in [-0.39, 0.29) is 5.75 Å². The van der Waals surface area contributed by atoms with E-state index in [2.05, 4.69) is 60.8 Å². The lowest BCUT2D eigenvalue weighted by molar-refractivity contribution is 0.241. The van der Waals surface area contributed by atoms with Crippen LogP contribution in [0.2, 0.25) is 0 Å². The number of benzene rings is 1. The molecule has 2 aromatic heterocycles. The molecule has 3 unspecified atom stereocenters. The van der Waals surface area contributed by atoms with Gasteiger partial charge in [-0.25, -0.2) is 4.98 Å². The third-order valence-electron chi connectivity index (χ3n) is 8.54. The normalized spacial score (nSPS) is 23.3. The van der Waals surface area contributed by atoms with Gasteiger partial charge in [-0.1, -0.05) is 30.9 Å². The summed E-state index contributed by atoms with van der Waals surface area (Å²) in [6, 6.07) is 14.7. The van der Waals surface area contributed by atoms with Crippen molar-refractivity contribution < 1.29 is 5.11 Å². The standard InChI is InChI=1S/C31H37N7O/c1-22-8-3-2-6-16-36(22)17-7-9-23-18-24(14-15-33-23)38-25-12-13-26(38)21-37(20-25)29-19-28(34-35-31(29)32)27-10-4-5-11-30(27)39/h4-5,10-11,14-15,18-19,22,25-26,39H,2-3,6,8,12-13,16-17,20-21H2,1H3,(H2,32,35). The lowest BCUT2D eigenvalue weighted by Gasteiger charge is -2.43. The maximum absolute atomic E-state index is 10.3. The number of aromatic nitrogens is 3. The van der Waals surface area contributed by atoms with Gasteiger partial charge in [0, 0.05) is 48.7 Å². The van der Waals surface area contributed by atoms with Crippen molar-refractivity contribution in [2.24, 2.45) is 0 Å². The summed E-state index contributed by atoms with van der Waals surface area (Å²) in [4.78, 5) is 12.0. The quantitative estimate of drug-likeness (QED) is 0.489. The third kappa shape index (κ3) is 5.37. The molecule has 3 atom stereocenters. The number of nitrogen functional groups attached to an aromatic ring is 1. The Morgan fingerprint density at radius 3 is 2.64 bits per heavy atom. The number of nitrogens with two attached hydrogens (primary N) is 1. The van der Waals surface area contributed by atoms with Gasteiger partial charge in [0.1, 0.15) is 11.4 Å². The number of phenolic OH excluding ortho intramolecular Hbond substituents is 1. The van der Waals surface area contributed by atoms with E-state index >= 15 is 0 Å². The third-order valence-corrected chi connectivity index (χ3v) is 8.54. The highest BCUT2D eigenvalue weighted by Gasteiger charge is 2.40. The minimum atomic E-state index is 0.185. The lowest BCUT2D eigenvalue weighted by Crippen LogP contribution is -2.54. The fourth-order valence-electron chi connectivity index (χ4n) is 6.44. The van der Waals surface area contributed by atoms with Crippen LogP contribution in [0.5, 0.6) is 5.75 Å². The number of anilines is 3. The van der Waals surface area contributed by atoms with Crippen molar-refractivity contribution in [1.29, 1.82) is 0 Å². The van der Waals surface area contributed by atoms with E-state index in [0.29, 0.717) is 35.2 Å². The summed E-state index contributed by atoms with van der Waals surface area (Å²) in [7, 11) is 0. The molecule has 0 amide bonds. The number of para-hydroxylation sites is 1. The molecule has 0 radical (unpaired) electrons. The Kier molecular flexibility index (Phi) is 7.25. The highest BCUT2D eigenvalue weighted by atomic mass is 16.3. The monoisotopic (exact) mass is 523 g/mol. The molecule has 3 aliphatic rings. The number of likely N-dealkylation sites (tertiary alicyclic amines) is 1. The van der Waals surface area contributed by atoms with Gasteiger partial charge in [-0.3, -0.25) is 4.90 Å². The van der Waals surface area contributed by atoms with Gasteiger partial charge in [0.15, 0.2) is 5.82 Å². The number of rotatable bonds is 4. The van der Waals surface area contributed by atoms with Crippen molar-refractivity contribution in [3.63, 3.8) is 0 Å². The van der Waals surface area contributed by atoms with Gasteiger partial charge in [0.2, 0.25) is 0 Å². The van der Waals surface area contributed by atoms with Gasteiger partial charge in [-0.15, -0.1) is 10.2 Å². The van der Waals surface area contributed by atoms with Crippen LogP contribution < -0.4 is 15.5 Å². The number of nitrogens with zero attached hydrogens (tertiary/aromatic N) is 6. The van der Waals surface area contributed by atoms with Crippen LogP contribution >= 0.6 is 0 Å². The van der Waals surface area contributed by atoms with E-state index in [9.17, 15) is 5.11 Å². The minimum Gasteiger partial charge on any atom is -0.507 e. The average molecular weight is 524 g/mol. The van der Waals surface area contributed by atoms with Crippen LogP contribution in [0.3, 0.4) is 0 Å². The molecular weight excluding hydrogens is 486 g/mol. The molecule has 1 aromatic carbocycles. The Bertz CT molecular complexity index is 1370. The first-order chi connectivity index (χ1) is 19.1. The number of hydrogen-bond acceptors (Lipinski definition) is 8. The number of fused-ring (bicyclic) bond motifs is 2. The largest absolute Gasteiger partial charge is 0.507 e. The first-order valence-corrected chi connectivity index (χ1v) is 14.2. The highest BCUT2D eigenvalue weighted by Crippen LogP contribution is 2.39. The number of aromatic hydroxyl groups is 1. The molecule has 2 bridgehead atoms. The summed E-state index contributed by atoms with van der Waals surface area (Å²) in [5.74, 6) is 7.34. The Hall–Kier alpha value is -3.83. The smallest absolute Gasteiger partial charge is 0.169 e. The fourth-order valence-corrected chi connectivity index (χ4v) is 6.44. The van der Waals surface area contributed by atoms with E-state index in [1.807, 2.05) is 24.4 Å². The molecule has 6 rings (SSSR count). The fraction of sp³-hybridized carbons (Fsp3) is 0.452. The molecule has 3 fully saturated rings. The first kappa shape index (κ1) is 25.4. The van der Waals surface area contributed by atoms with Crippen molar-refractivity contribution in [2.75, 3.05) is 41.7 Å². The van der Waals surface area contributed by atoms with Crippen LogP contribution in [-0.4, -0.2) is 69.5 Å². The molecule has 3 aromatic rings. The molecule has 0 aliphatic carbocycles. The predicted molar refractivity (Wildman–Crippen MR) is 156 cm³/mol. The van der Waals surface area contributed by atoms with Crippen molar-refractivity contribution >= 4 is 17.2 Å². The molecule has 202 valence electrons. The van der Waals surface area contributed by atoms with E-state index < -0.39 is 0 Å². The summed E-state index contributed by atoms with van der Waals surface area (Å²) in [6.45, 7) is 5.97. The van der Waals surface area contributed by atoms with Crippen molar-refractivity contribution in [1.82, 2.24) is 20.1 Å². The van der Waals surface area contributed by atoms with Crippen LogP contribution in [0.25, 0.3) is 11.3 Å². The topological polar surface area (TPSA) is 94.6 Å². The number of phenols is 1. The summed E-state index contributed by atoms with van der Waals surface area (Å²) in [5, 5.41) is 18.8. The van der Waals surface area contributed by atoms with Crippen LogP contribution in [0.1, 0.15) is 51.1 Å². The molecule has 39 heavy (non-hydrogen) atoms. The van der Waals surface area contributed by atoms with E-state index in [0.717, 1.165) is 50.4 Å². The zero-order valence-corrected chi connectivity index (χ0v) is 22.6. The maximum atomic E-state index is 10.3. The van der Waals surface area contributed by atoms with Gasteiger partial charge >= 0.3 is 0 Å². The van der Waals surface area contributed by atoms with Crippen LogP contribution in [-0.2, 0) is 0 Å². The second kappa shape index (κ2) is 11.1. The zero-order chi connectivity index (χ0) is 26.8. The van der Waals surface area contributed by atoms with Crippen LogP contribution in [0.15, 0.2) is 48.7 Å². The lowest BCUT2D eigenvalue weighted by atomic mass is 10.1. The Labute approximate surface area is 230 Å². The predicted octanol–water partition coefficient (Wildman–Crippen LogP) is 4.30. The van der Waals surface area contributed by atoms with E-state index in [1.165, 1.54) is 31.4 Å². The van der Waals surface area contributed by atoms with Crippen LogP contribution in [0.4, 0.5) is 17.2 Å². The molecule has 8 heteroatoms. The molecule has 3 aliphatic heterocycles. The molecule has 5 heterocycles. The van der Waals surface area contributed by atoms with Gasteiger partial charge < -0.3 is 20.6 Å². The minimum absolute atomic E-state index is 0.185. The Morgan fingerprint density at radius 1 is 1.00 bits per heavy atom. The summed E-state index contributed by atoms with van der Waals surface area (Å²) >= 11 is 0. The summed E-state index contributed by atoms with van der Waals surface area (Å²) < 4.78 is 0. The SMILES string of the molecule is CC1CCCCCN1CC#Cc1cc(N2C3CCC2CN(c2cc(-c4ccccc4O)nnc2N)C3)ccn1. The average Bonchev–Trinajstić information content (AvgIpc) is 3.07. The molecule has 0 saturated carbocycles. The van der Waals surface area contributed by atoms with Crippen LogP contribution in [0, 0.1) is 11.8 Å². The zero-order valence-electron chi connectivity index (χ0n) is 22.6. The molecule has 3 N–H and O–H groups in total. The van der Waals surface area contributed by atoms with Crippen molar-refractivity contribution in [3.8, 4) is 28.8 Å². The van der Waals surface area contributed by atoms with Gasteiger partial charge in [-0.2, -0.15) is 0 Å². The second-order valence-corrected chi connectivity index (χ2v) is 11.1. The molecule has 8 nitrogen and oxygen atoms in total. The summed E-state index contributed by atoms with van der Waals surface area (Å²) in [6.07, 6.45) is 9.34. The van der Waals surface area contributed by atoms with Gasteiger partial charge in [-0.05, 0) is 75.4 Å². The Morgan fingerprint density at radius 2 is 1.82 bits per heavy atom. The summed E-state index contributed by atoms with van der Waals surface area (Å²) in [5.41, 5.74) is 10.5. The van der Waals surface area contributed by atoms with Crippen molar-refractivity contribution in [2.45, 2.75) is 63.6 Å². The van der Waals surface area contributed by atoms with Gasteiger partial charge in [0.05, 0.1) is 17.9 Å². The maximum Gasteiger partial charge on any atom is 0.169 e. The van der Waals surface area contributed by atoms with E-state index in [1.54, 1.807) is 12.1 Å². The number of pyridine rings is 1. The van der Waals surface area contributed by atoms with E-state index in [4.69, 9.17) is 5.73 Å². The number of piperazine rings is 1. The second-order valence-electron chi connectivity index (χ2n) is 11.1. The number of hydrogen-bond donors (Lipinski definition) is 2. The van der Waals surface area contributed by atoms with Crippen molar-refractivity contribution in [3.05, 3.63) is 54.4 Å². The molecule has 3 saturated heterocycles.